The molecule has 2 aromatic rings. The molecular weight excluding hydrogens is 311 g/mol. The number of amides is 1. The zero-order valence-corrected chi connectivity index (χ0v) is 11.5. The molecule has 0 saturated heterocycles. The van der Waals surface area contributed by atoms with Gasteiger partial charge in [0.15, 0.2) is 5.82 Å². The minimum atomic E-state index is -0.382. The maximum Gasteiger partial charge on any atom is 0.268 e. The first-order valence-corrected chi connectivity index (χ1v) is 6.90. The maximum absolute atomic E-state index is 14.5. The first-order chi connectivity index (χ1) is 9.12. The number of aromatic nitrogens is 1. The predicted octanol–water partition coefficient (Wildman–Crippen LogP) is 3.11. The second kappa shape index (κ2) is 3.48. The fourth-order valence-corrected chi connectivity index (χ4v) is 3.11. The van der Waals surface area contributed by atoms with Crippen molar-refractivity contribution in [1.29, 1.82) is 0 Å². The van der Waals surface area contributed by atoms with Crippen molar-refractivity contribution >= 4 is 21.8 Å². The Morgan fingerprint density at radius 2 is 2.11 bits per heavy atom. The smallest absolute Gasteiger partial charge is 0.268 e. The number of hydrogen-bond donors (Lipinski definition) is 1. The molecule has 19 heavy (non-hydrogen) atoms. The zero-order valence-electron chi connectivity index (χ0n) is 9.91. The molecule has 3 nitrogen and oxygen atoms in total. The second-order valence-electron chi connectivity index (χ2n) is 5.06. The summed E-state index contributed by atoms with van der Waals surface area (Å²) in [5.74, 6) is -0.466. The SMILES string of the molecule is O=C1NC2(CC2)c2ccc(Br)c(F)c2-n2cccc21. The van der Waals surface area contributed by atoms with Gasteiger partial charge in [-0.3, -0.25) is 4.79 Å². The first-order valence-electron chi connectivity index (χ1n) is 6.11. The average molecular weight is 321 g/mol. The van der Waals surface area contributed by atoms with Gasteiger partial charge in [-0.15, -0.1) is 0 Å². The van der Waals surface area contributed by atoms with Crippen LogP contribution in [0.2, 0.25) is 0 Å². The summed E-state index contributed by atoms with van der Waals surface area (Å²) >= 11 is 3.22. The predicted molar refractivity (Wildman–Crippen MR) is 71.8 cm³/mol. The largest absolute Gasteiger partial charge is 0.341 e. The van der Waals surface area contributed by atoms with Crippen LogP contribution in [-0.4, -0.2) is 10.5 Å². The van der Waals surface area contributed by atoms with E-state index >= 15 is 0 Å². The van der Waals surface area contributed by atoms with Crippen molar-refractivity contribution in [3.05, 3.63) is 52.0 Å². The van der Waals surface area contributed by atoms with Gasteiger partial charge in [-0.2, -0.15) is 0 Å². The molecule has 1 fully saturated rings. The Kier molecular flexibility index (Phi) is 2.05. The molecule has 4 rings (SSSR count). The van der Waals surface area contributed by atoms with Crippen LogP contribution in [0.4, 0.5) is 4.39 Å². The highest BCUT2D eigenvalue weighted by Gasteiger charge is 2.50. The molecular formula is C14H10BrFN2O. The number of nitrogens with one attached hydrogen (secondary N) is 1. The Balaban J connectivity index is 2.11. The molecule has 5 heteroatoms. The van der Waals surface area contributed by atoms with Gasteiger partial charge in [0.05, 0.1) is 15.7 Å². The van der Waals surface area contributed by atoms with E-state index in [1.165, 1.54) is 0 Å². The third-order valence-corrected chi connectivity index (χ3v) is 4.52. The zero-order chi connectivity index (χ0) is 13.2. The highest BCUT2D eigenvalue weighted by atomic mass is 79.9. The monoisotopic (exact) mass is 320 g/mol. The number of nitrogens with zero attached hydrogens (tertiary/aromatic N) is 1. The van der Waals surface area contributed by atoms with Crippen molar-refractivity contribution in [1.82, 2.24) is 9.88 Å². The van der Waals surface area contributed by atoms with E-state index in [4.69, 9.17) is 0 Å². The highest BCUT2D eigenvalue weighted by molar-refractivity contribution is 9.10. The van der Waals surface area contributed by atoms with Crippen molar-refractivity contribution in [2.75, 3.05) is 0 Å². The van der Waals surface area contributed by atoms with Gasteiger partial charge in [0.1, 0.15) is 5.69 Å². The van der Waals surface area contributed by atoms with E-state index in [0.717, 1.165) is 18.4 Å². The molecule has 2 aliphatic rings. The van der Waals surface area contributed by atoms with Crippen LogP contribution >= 0.6 is 15.9 Å². The number of carbonyl (C=O) groups excluding carboxylic acids is 1. The molecule has 1 aliphatic carbocycles. The van der Waals surface area contributed by atoms with Gasteiger partial charge in [-0.05, 0) is 47.0 Å². The molecule has 1 spiro atoms. The van der Waals surface area contributed by atoms with E-state index < -0.39 is 0 Å². The van der Waals surface area contributed by atoms with Crippen molar-refractivity contribution < 1.29 is 9.18 Å². The Labute approximate surface area is 117 Å². The van der Waals surface area contributed by atoms with Gasteiger partial charge < -0.3 is 9.88 Å². The summed E-state index contributed by atoms with van der Waals surface area (Å²) in [5.41, 5.74) is 1.43. The number of halogens is 2. The number of carbonyl (C=O) groups is 1. The molecule has 1 saturated carbocycles. The molecule has 0 radical (unpaired) electrons. The van der Waals surface area contributed by atoms with Gasteiger partial charge in [0.25, 0.3) is 5.91 Å². The molecule has 96 valence electrons. The van der Waals surface area contributed by atoms with Crippen LogP contribution in [-0.2, 0) is 5.54 Å². The molecule has 0 atom stereocenters. The lowest BCUT2D eigenvalue weighted by molar-refractivity contribution is 0.0927. The molecule has 2 heterocycles. The van der Waals surface area contributed by atoms with Crippen LogP contribution in [0.1, 0.15) is 28.9 Å². The van der Waals surface area contributed by atoms with Gasteiger partial charge in [-0.25, -0.2) is 4.39 Å². The van der Waals surface area contributed by atoms with Gasteiger partial charge in [-0.1, -0.05) is 6.07 Å². The lowest BCUT2D eigenvalue weighted by Crippen LogP contribution is -2.33. The Hall–Kier alpha value is -1.62. The molecule has 0 unspecified atom stereocenters. The van der Waals surface area contributed by atoms with Gasteiger partial charge in [0, 0.05) is 11.8 Å². The number of rotatable bonds is 0. The van der Waals surface area contributed by atoms with Crippen molar-refractivity contribution in [3.63, 3.8) is 0 Å². The third kappa shape index (κ3) is 1.39. The van der Waals surface area contributed by atoms with Gasteiger partial charge >= 0.3 is 0 Å². The summed E-state index contributed by atoms with van der Waals surface area (Å²) in [6.07, 6.45) is 3.44. The van der Waals surface area contributed by atoms with Gasteiger partial charge in [0.2, 0.25) is 0 Å². The molecule has 1 aromatic carbocycles. The first kappa shape index (κ1) is 11.2. The van der Waals surface area contributed by atoms with E-state index in [9.17, 15) is 9.18 Å². The molecule has 1 N–H and O–H groups in total. The van der Waals surface area contributed by atoms with Crippen LogP contribution in [0.15, 0.2) is 34.9 Å². The fraction of sp³-hybridized carbons (Fsp3) is 0.214. The van der Waals surface area contributed by atoms with Crippen LogP contribution in [0.5, 0.6) is 0 Å². The number of hydrogen-bond acceptors (Lipinski definition) is 1. The van der Waals surface area contributed by atoms with E-state index in [2.05, 4.69) is 21.2 Å². The summed E-state index contributed by atoms with van der Waals surface area (Å²) in [6, 6.07) is 7.06. The third-order valence-electron chi connectivity index (χ3n) is 3.91. The molecule has 1 aliphatic heterocycles. The van der Waals surface area contributed by atoms with Crippen molar-refractivity contribution in [2.45, 2.75) is 18.4 Å². The maximum atomic E-state index is 14.5. The Morgan fingerprint density at radius 3 is 2.84 bits per heavy atom. The lowest BCUT2D eigenvalue weighted by Gasteiger charge is -2.18. The summed E-state index contributed by atoms with van der Waals surface area (Å²) in [7, 11) is 0. The Bertz CT molecular complexity index is 718. The lowest BCUT2D eigenvalue weighted by atomic mass is 10.0. The molecule has 0 bridgehead atoms. The summed E-state index contributed by atoms with van der Waals surface area (Å²) in [6.45, 7) is 0. The minimum absolute atomic E-state index is 0.144. The van der Waals surface area contributed by atoms with Crippen LogP contribution in [0.3, 0.4) is 0 Å². The molecule has 1 aromatic heterocycles. The van der Waals surface area contributed by atoms with Crippen LogP contribution in [0.25, 0.3) is 5.69 Å². The van der Waals surface area contributed by atoms with Crippen molar-refractivity contribution in [3.8, 4) is 5.69 Å². The normalized spacial score (nSPS) is 18.5. The Morgan fingerprint density at radius 1 is 1.32 bits per heavy atom. The summed E-state index contributed by atoms with van der Waals surface area (Å²) in [5, 5.41) is 3.03. The topological polar surface area (TPSA) is 34.0 Å². The number of benzene rings is 1. The quantitative estimate of drug-likeness (QED) is 0.795. The minimum Gasteiger partial charge on any atom is -0.341 e. The van der Waals surface area contributed by atoms with Crippen molar-refractivity contribution in [2.24, 2.45) is 0 Å². The standard InChI is InChI=1S/C14H10BrFN2O/c15-9-4-3-8-12(11(9)16)18-7-1-2-10(18)13(19)17-14(8)5-6-14/h1-4,7H,5-6H2,(H,17,19). The fourth-order valence-electron chi connectivity index (χ4n) is 2.79. The second-order valence-corrected chi connectivity index (χ2v) is 5.91. The van der Waals surface area contributed by atoms with E-state index in [1.807, 2.05) is 6.07 Å². The summed E-state index contributed by atoms with van der Waals surface area (Å²) in [4.78, 5) is 12.2. The highest BCUT2D eigenvalue weighted by Crippen LogP contribution is 2.50. The average Bonchev–Trinajstić information content (AvgIpc) is 3.01. The summed E-state index contributed by atoms with van der Waals surface area (Å²) < 4.78 is 16.6. The number of fused-ring (bicyclic) bond motifs is 4. The van der Waals surface area contributed by atoms with Crippen LogP contribution in [0, 0.1) is 5.82 Å². The van der Waals surface area contributed by atoms with E-state index in [1.54, 1.807) is 29.0 Å². The molecule has 1 amide bonds. The van der Waals surface area contributed by atoms with E-state index in [-0.39, 0.29) is 17.3 Å². The van der Waals surface area contributed by atoms with Crippen LogP contribution < -0.4 is 5.32 Å². The van der Waals surface area contributed by atoms with E-state index in [0.29, 0.717) is 15.9 Å².